The smallest absolute Gasteiger partial charge is 0.337 e. The van der Waals surface area contributed by atoms with E-state index in [2.05, 4.69) is 11.8 Å². The second-order valence-corrected chi connectivity index (χ2v) is 4.97. The number of nitrogen functional groups attached to an aromatic ring is 1. The van der Waals surface area contributed by atoms with Gasteiger partial charge in [-0.2, -0.15) is 0 Å². The van der Waals surface area contributed by atoms with Crippen molar-refractivity contribution >= 4 is 17.3 Å². The summed E-state index contributed by atoms with van der Waals surface area (Å²) in [6.07, 6.45) is 3.53. The first-order valence-corrected chi connectivity index (χ1v) is 6.49. The Morgan fingerprint density at radius 3 is 3.00 bits per heavy atom. The van der Waals surface area contributed by atoms with Crippen LogP contribution in [0.2, 0.25) is 0 Å². The molecule has 0 spiro atoms. The monoisotopic (exact) mass is 248 g/mol. The van der Waals surface area contributed by atoms with Gasteiger partial charge in [-0.15, -0.1) is 0 Å². The highest BCUT2D eigenvalue weighted by molar-refractivity contribution is 5.95. The number of hydrogen-bond donors (Lipinski definition) is 2. The van der Waals surface area contributed by atoms with Crippen LogP contribution in [0.3, 0.4) is 0 Å². The summed E-state index contributed by atoms with van der Waals surface area (Å²) in [5.74, 6) is -0.206. The molecule has 1 aromatic rings. The van der Waals surface area contributed by atoms with Crippen LogP contribution in [-0.2, 0) is 0 Å². The van der Waals surface area contributed by atoms with E-state index in [0.717, 1.165) is 25.2 Å². The molecule has 1 saturated heterocycles. The maximum atomic E-state index is 11.2. The molecule has 18 heavy (non-hydrogen) atoms. The van der Waals surface area contributed by atoms with Crippen LogP contribution < -0.4 is 10.6 Å². The highest BCUT2D eigenvalue weighted by Crippen LogP contribution is 2.30. The largest absolute Gasteiger partial charge is 0.478 e. The lowest BCUT2D eigenvalue weighted by atomic mass is 10.0. The molecule has 0 saturated carbocycles. The van der Waals surface area contributed by atoms with E-state index in [4.69, 9.17) is 5.73 Å². The second kappa shape index (κ2) is 5.29. The van der Waals surface area contributed by atoms with Gasteiger partial charge >= 0.3 is 5.97 Å². The first kappa shape index (κ1) is 12.7. The Hall–Kier alpha value is -1.71. The van der Waals surface area contributed by atoms with Gasteiger partial charge in [-0.1, -0.05) is 13.3 Å². The lowest BCUT2D eigenvalue weighted by Crippen LogP contribution is -2.22. The van der Waals surface area contributed by atoms with E-state index >= 15 is 0 Å². The van der Waals surface area contributed by atoms with Crippen molar-refractivity contribution in [3.63, 3.8) is 0 Å². The number of nitrogens with two attached hydrogens (primary N) is 1. The number of carbonyl (C=O) groups is 1. The zero-order chi connectivity index (χ0) is 13.1. The maximum absolute atomic E-state index is 11.2. The SMILES string of the molecule is CCCC1CCN(c2cc(N)ccc2C(=O)O)C1. The van der Waals surface area contributed by atoms with Crippen molar-refractivity contribution in [2.45, 2.75) is 26.2 Å². The second-order valence-electron chi connectivity index (χ2n) is 4.97. The topological polar surface area (TPSA) is 66.6 Å². The molecule has 0 amide bonds. The Morgan fingerprint density at radius 1 is 1.56 bits per heavy atom. The first-order chi connectivity index (χ1) is 8.61. The number of benzene rings is 1. The van der Waals surface area contributed by atoms with Crippen molar-refractivity contribution in [2.75, 3.05) is 23.7 Å². The molecule has 1 aromatic carbocycles. The Morgan fingerprint density at radius 2 is 2.33 bits per heavy atom. The predicted molar refractivity (Wildman–Crippen MR) is 73.0 cm³/mol. The molecule has 4 heteroatoms. The van der Waals surface area contributed by atoms with Crippen molar-refractivity contribution in [2.24, 2.45) is 5.92 Å². The van der Waals surface area contributed by atoms with Crippen LogP contribution in [0, 0.1) is 5.92 Å². The van der Waals surface area contributed by atoms with Gasteiger partial charge in [0, 0.05) is 18.8 Å². The number of anilines is 2. The number of nitrogens with zero attached hydrogens (tertiary/aromatic N) is 1. The van der Waals surface area contributed by atoms with Gasteiger partial charge in [-0.3, -0.25) is 0 Å². The van der Waals surface area contributed by atoms with E-state index in [0.29, 0.717) is 17.2 Å². The van der Waals surface area contributed by atoms with Gasteiger partial charge in [0.15, 0.2) is 0 Å². The molecular formula is C14H20N2O2. The molecule has 98 valence electrons. The number of carboxylic acid groups (broad SMARTS) is 1. The summed E-state index contributed by atoms with van der Waals surface area (Å²) in [6.45, 7) is 4.05. The minimum Gasteiger partial charge on any atom is -0.478 e. The molecule has 1 aliphatic rings. The van der Waals surface area contributed by atoms with Gasteiger partial charge in [0.05, 0.1) is 11.3 Å². The maximum Gasteiger partial charge on any atom is 0.337 e. The van der Waals surface area contributed by atoms with E-state index in [-0.39, 0.29) is 0 Å². The molecule has 0 radical (unpaired) electrons. The summed E-state index contributed by atoms with van der Waals surface area (Å²) >= 11 is 0. The quantitative estimate of drug-likeness (QED) is 0.804. The van der Waals surface area contributed by atoms with Crippen molar-refractivity contribution in [3.05, 3.63) is 23.8 Å². The normalized spacial score (nSPS) is 19.2. The van der Waals surface area contributed by atoms with Crippen LogP contribution in [0.5, 0.6) is 0 Å². The van der Waals surface area contributed by atoms with Crippen LogP contribution in [0.25, 0.3) is 0 Å². The molecule has 1 aliphatic heterocycles. The fourth-order valence-electron chi connectivity index (χ4n) is 2.69. The van der Waals surface area contributed by atoms with Gasteiger partial charge in [0.2, 0.25) is 0 Å². The van der Waals surface area contributed by atoms with Gasteiger partial charge < -0.3 is 15.7 Å². The lowest BCUT2D eigenvalue weighted by molar-refractivity contribution is 0.0697. The summed E-state index contributed by atoms with van der Waals surface area (Å²) in [4.78, 5) is 13.4. The molecule has 4 nitrogen and oxygen atoms in total. The molecule has 0 aromatic heterocycles. The van der Waals surface area contributed by atoms with Crippen molar-refractivity contribution in [3.8, 4) is 0 Å². The molecular weight excluding hydrogens is 228 g/mol. The predicted octanol–water partition coefficient (Wildman–Crippen LogP) is 2.59. The average molecular weight is 248 g/mol. The Labute approximate surface area is 107 Å². The fourth-order valence-corrected chi connectivity index (χ4v) is 2.69. The minimum atomic E-state index is -0.885. The average Bonchev–Trinajstić information content (AvgIpc) is 2.77. The highest BCUT2D eigenvalue weighted by Gasteiger charge is 2.25. The Balaban J connectivity index is 2.23. The summed E-state index contributed by atoms with van der Waals surface area (Å²) in [7, 11) is 0. The zero-order valence-corrected chi connectivity index (χ0v) is 10.7. The number of hydrogen-bond acceptors (Lipinski definition) is 3. The van der Waals surface area contributed by atoms with Crippen LogP contribution in [0.15, 0.2) is 18.2 Å². The molecule has 3 N–H and O–H groups in total. The Bertz CT molecular complexity index is 445. The van der Waals surface area contributed by atoms with Crippen LogP contribution in [0.1, 0.15) is 36.5 Å². The third-order valence-electron chi connectivity index (χ3n) is 3.58. The van der Waals surface area contributed by atoms with E-state index in [1.807, 2.05) is 0 Å². The van der Waals surface area contributed by atoms with Crippen LogP contribution in [0.4, 0.5) is 11.4 Å². The van der Waals surface area contributed by atoms with E-state index < -0.39 is 5.97 Å². The van der Waals surface area contributed by atoms with Crippen molar-refractivity contribution in [1.82, 2.24) is 0 Å². The van der Waals surface area contributed by atoms with Crippen LogP contribution >= 0.6 is 0 Å². The lowest BCUT2D eigenvalue weighted by Gasteiger charge is -2.21. The number of aromatic carboxylic acids is 1. The molecule has 1 heterocycles. The number of rotatable bonds is 4. The van der Waals surface area contributed by atoms with E-state index in [9.17, 15) is 9.90 Å². The van der Waals surface area contributed by atoms with E-state index in [1.165, 1.54) is 12.8 Å². The molecule has 0 aliphatic carbocycles. The van der Waals surface area contributed by atoms with Crippen LogP contribution in [-0.4, -0.2) is 24.2 Å². The standard InChI is InChI=1S/C14H20N2O2/c1-2-3-10-6-7-16(9-10)13-8-11(15)4-5-12(13)14(17)18/h4-5,8,10H,2-3,6-7,9,15H2,1H3,(H,17,18). The summed E-state index contributed by atoms with van der Waals surface area (Å²) < 4.78 is 0. The van der Waals surface area contributed by atoms with Crippen molar-refractivity contribution < 1.29 is 9.90 Å². The van der Waals surface area contributed by atoms with Gasteiger partial charge in [-0.05, 0) is 37.0 Å². The van der Waals surface area contributed by atoms with Crippen molar-refractivity contribution in [1.29, 1.82) is 0 Å². The fraction of sp³-hybridized carbons (Fsp3) is 0.500. The van der Waals surface area contributed by atoms with E-state index in [1.54, 1.807) is 18.2 Å². The van der Waals surface area contributed by atoms with Gasteiger partial charge in [0.1, 0.15) is 0 Å². The highest BCUT2D eigenvalue weighted by atomic mass is 16.4. The summed E-state index contributed by atoms with van der Waals surface area (Å²) in [5.41, 5.74) is 7.50. The molecule has 1 atom stereocenters. The third-order valence-corrected chi connectivity index (χ3v) is 3.58. The summed E-state index contributed by atoms with van der Waals surface area (Å²) in [5, 5.41) is 9.22. The first-order valence-electron chi connectivity index (χ1n) is 6.49. The zero-order valence-electron chi connectivity index (χ0n) is 10.7. The molecule has 2 rings (SSSR count). The van der Waals surface area contributed by atoms with Gasteiger partial charge in [-0.25, -0.2) is 4.79 Å². The van der Waals surface area contributed by atoms with Gasteiger partial charge in [0.25, 0.3) is 0 Å². The molecule has 1 unspecified atom stereocenters. The summed E-state index contributed by atoms with van der Waals surface area (Å²) in [6, 6.07) is 5.02. The minimum absolute atomic E-state index is 0.348. The number of carboxylic acids is 1. The Kier molecular flexibility index (Phi) is 3.75. The third kappa shape index (κ3) is 2.58. The molecule has 1 fully saturated rings. The molecule has 0 bridgehead atoms.